The minimum absolute atomic E-state index is 0.0673. The Kier molecular flexibility index (Phi) is 5.84. The lowest BCUT2D eigenvalue weighted by Gasteiger charge is -2.09. The Labute approximate surface area is 162 Å². The number of halogens is 3. The fraction of sp³-hybridized carbons (Fsp3) is 0.105. The van der Waals surface area contributed by atoms with Crippen LogP contribution in [0.4, 0.5) is 18.9 Å². The van der Waals surface area contributed by atoms with Gasteiger partial charge in [0.2, 0.25) is 5.91 Å². The molecule has 144 valence electrons. The molecule has 1 amide bonds. The molecule has 0 aliphatic heterocycles. The number of H-pyrrole nitrogens is 1. The van der Waals surface area contributed by atoms with Gasteiger partial charge in [-0.25, -0.2) is 4.98 Å². The van der Waals surface area contributed by atoms with Crippen LogP contribution in [-0.2, 0) is 11.0 Å². The highest BCUT2D eigenvalue weighted by Crippen LogP contribution is 2.29. The Bertz CT molecular complexity index is 1020. The average molecular weight is 405 g/mol. The van der Waals surface area contributed by atoms with Crippen LogP contribution in [0.1, 0.15) is 5.56 Å². The lowest BCUT2D eigenvalue weighted by molar-refractivity contribution is -0.137. The summed E-state index contributed by atoms with van der Waals surface area (Å²) >= 11 is 1.02. The molecule has 0 unspecified atom stereocenters. The number of hydrogen-bond acceptors (Lipinski definition) is 4. The molecule has 3 rings (SSSR count). The van der Waals surface area contributed by atoms with Crippen LogP contribution in [0.5, 0.6) is 0 Å². The summed E-state index contributed by atoms with van der Waals surface area (Å²) in [5.74, 6) is -0.500. The van der Waals surface area contributed by atoms with E-state index in [2.05, 4.69) is 15.3 Å². The molecule has 0 bridgehead atoms. The van der Waals surface area contributed by atoms with Crippen molar-refractivity contribution in [3.8, 4) is 11.3 Å². The van der Waals surface area contributed by atoms with Gasteiger partial charge < -0.3 is 10.3 Å². The first kappa shape index (κ1) is 19.7. The van der Waals surface area contributed by atoms with Crippen LogP contribution in [0.3, 0.4) is 0 Å². The van der Waals surface area contributed by atoms with Crippen LogP contribution in [-0.4, -0.2) is 21.6 Å². The molecule has 28 heavy (non-hydrogen) atoms. The summed E-state index contributed by atoms with van der Waals surface area (Å²) in [4.78, 5) is 30.7. The fourth-order valence-corrected chi connectivity index (χ4v) is 3.01. The smallest absolute Gasteiger partial charge is 0.325 e. The number of nitrogens with zero attached hydrogens (tertiary/aromatic N) is 1. The largest absolute Gasteiger partial charge is 0.416 e. The van der Waals surface area contributed by atoms with E-state index in [-0.39, 0.29) is 22.2 Å². The van der Waals surface area contributed by atoms with Crippen molar-refractivity contribution in [2.45, 2.75) is 11.3 Å². The van der Waals surface area contributed by atoms with E-state index in [0.29, 0.717) is 5.69 Å². The molecule has 2 aromatic carbocycles. The Hall–Kier alpha value is -3.07. The highest BCUT2D eigenvalue weighted by atomic mass is 32.2. The Morgan fingerprint density at radius 1 is 1.07 bits per heavy atom. The molecule has 0 saturated carbocycles. The molecule has 3 aromatic rings. The Morgan fingerprint density at radius 2 is 1.75 bits per heavy atom. The molecule has 2 N–H and O–H groups in total. The first-order chi connectivity index (χ1) is 13.3. The molecular weight excluding hydrogens is 391 g/mol. The van der Waals surface area contributed by atoms with Gasteiger partial charge in [-0.2, -0.15) is 13.2 Å². The zero-order chi connectivity index (χ0) is 20.1. The van der Waals surface area contributed by atoms with Crippen LogP contribution in [0.25, 0.3) is 11.3 Å². The highest BCUT2D eigenvalue weighted by Gasteiger charge is 2.29. The second-order valence-electron chi connectivity index (χ2n) is 5.71. The minimum atomic E-state index is -4.43. The van der Waals surface area contributed by atoms with Gasteiger partial charge in [0.1, 0.15) is 0 Å². The van der Waals surface area contributed by atoms with Gasteiger partial charge in [0, 0.05) is 17.3 Å². The van der Waals surface area contributed by atoms with E-state index < -0.39 is 17.6 Å². The number of nitrogens with one attached hydrogen (secondary N) is 2. The van der Waals surface area contributed by atoms with E-state index >= 15 is 0 Å². The third kappa shape index (κ3) is 5.23. The summed E-state index contributed by atoms with van der Waals surface area (Å²) in [5.41, 5.74) is 0.358. The summed E-state index contributed by atoms with van der Waals surface area (Å²) in [6, 6.07) is 14.6. The number of aromatic nitrogens is 2. The van der Waals surface area contributed by atoms with Gasteiger partial charge in [-0.1, -0.05) is 42.1 Å². The maximum Gasteiger partial charge on any atom is 0.416 e. The van der Waals surface area contributed by atoms with Crippen molar-refractivity contribution < 1.29 is 18.0 Å². The molecule has 0 saturated heterocycles. The monoisotopic (exact) mass is 405 g/mol. The number of rotatable bonds is 5. The molecule has 0 aliphatic carbocycles. The van der Waals surface area contributed by atoms with Gasteiger partial charge in [-0.3, -0.25) is 9.59 Å². The first-order valence-corrected chi connectivity index (χ1v) is 9.06. The van der Waals surface area contributed by atoms with Crippen molar-refractivity contribution in [2.75, 3.05) is 11.1 Å². The molecule has 5 nitrogen and oxygen atoms in total. The molecule has 0 atom stereocenters. The predicted molar refractivity (Wildman–Crippen MR) is 101 cm³/mol. The van der Waals surface area contributed by atoms with E-state index in [0.717, 1.165) is 29.5 Å². The summed E-state index contributed by atoms with van der Waals surface area (Å²) in [5, 5.41) is 2.78. The Morgan fingerprint density at radius 3 is 2.39 bits per heavy atom. The topological polar surface area (TPSA) is 74.8 Å². The normalized spacial score (nSPS) is 11.2. The lowest BCUT2D eigenvalue weighted by atomic mass is 10.1. The number of amides is 1. The molecule has 0 spiro atoms. The van der Waals surface area contributed by atoms with Crippen molar-refractivity contribution in [3.05, 3.63) is 76.6 Å². The van der Waals surface area contributed by atoms with Gasteiger partial charge in [-0.05, 0) is 24.3 Å². The molecule has 9 heteroatoms. The van der Waals surface area contributed by atoms with Gasteiger partial charge in [0.15, 0.2) is 5.16 Å². The lowest BCUT2D eigenvalue weighted by Crippen LogP contribution is -2.15. The van der Waals surface area contributed by atoms with Crippen molar-refractivity contribution in [2.24, 2.45) is 0 Å². The van der Waals surface area contributed by atoms with E-state index in [9.17, 15) is 22.8 Å². The van der Waals surface area contributed by atoms with Crippen LogP contribution >= 0.6 is 11.8 Å². The zero-order valence-electron chi connectivity index (χ0n) is 14.3. The molecule has 0 fully saturated rings. The highest BCUT2D eigenvalue weighted by molar-refractivity contribution is 7.99. The zero-order valence-corrected chi connectivity index (χ0v) is 15.1. The van der Waals surface area contributed by atoms with E-state index in [4.69, 9.17) is 0 Å². The molecule has 0 aliphatic rings. The molecule has 1 aromatic heterocycles. The number of thioether (sulfide) groups is 1. The van der Waals surface area contributed by atoms with Gasteiger partial charge in [-0.15, -0.1) is 0 Å². The summed E-state index contributed by atoms with van der Waals surface area (Å²) in [6.07, 6.45) is -4.43. The first-order valence-electron chi connectivity index (χ1n) is 8.08. The quantitative estimate of drug-likeness (QED) is 0.493. The SMILES string of the molecule is O=C(CSc1nc(-c2ccccc2)cc(=O)[nH]1)Nc1ccc(C(F)(F)F)cc1. The van der Waals surface area contributed by atoms with Crippen molar-refractivity contribution in [1.29, 1.82) is 0 Å². The molecule has 1 heterocycles. The maximum absolute atomic E-state index is 12.6. The van der Waals surface area contributed by atoms with Gasteiger partial charge >= 0.3 is 6.18 Å². The van der Waals surface area contributed by atoms with E-state index in [1.807, 2.05) is 30.3 Å². The summed E-state index contributed by atoms with van der Waals surface area (Å²) in [6.45, 7) is 0. The summed E-state index contributed by atoms with van der Waals surface area (Å²) < 4.78 is 37.7. The van der Waals surface area contributed by atoms with Gasteiger partial charge in [0.05, 0.1) is 17.0 Å². The van der Waals surface area contributed by atoms with Crippen LogP contribution in [0.15, 0.2) is 70.6 Å². The van der Waals surface area contributed by atoms with E-state index in [1.54, 1.807) is 0 Å². The van der Waals surface area contributed by atoms with Crippen LogP contribution < -0.4 is 10.9 Å². The van der Waals surface area contributed by atoms with E-state index in [1.165, 1.54) is 18.2 Å². The number of carbonyl (C=O) groups is 1. The van der Waals surface area contributed by atoms with Crippen LogP contribution in [0, 0.1) is 0 Å². The second kappa shape index (κ2) is 8.30. The number of hydrogen-bond donors (Lipinski definition) is 2. The number of benzene rings is 2. The Balaban J connectivity index is 1.63. The average Bonchev–Trinajstić information content (AvgIpc) is 2.66. The number of carbonyl (C=O) groups excluding carboxylic acids is 1. The standard InChI is InChI=1S/C19H14F3N3O2S/c20-19(21,22)13-6-8-14(9-7-13)23-17(27)11-28-18-24-15(10-16(26)25-18)12-4-2-1-3-5-12/h1-10H,11H2,(H,23,27)(H,24,25,26). The fourth-order valence-electron chi connectivity index (χ4n) is 2.33. The molecule has 0 radical (unpaired) electrons. The minimum Gasteiger partial charge on any atom is -0.325 e. The summed E-state index contributed by atoms with van der Waals surface area (Å²) in [7, 11) is 0. The molecular formula is C19H14F3N3O2S. The second-order valence-corrected chi connectivity index (χ2v) is 6.68. The number of aromatic amines is 1. The predicted octanol–water partition coefficient (Wildman–Crippen LogP) is 4.19. The van der Waals surface area contributed by atoms with Gasteiger partial charge in [0.25, 0.3) is 5.56 Å². The number of alkyl halides is 3. The van der Waals surface area contributed by atoms with Crippen LogP contribution in [0.2, 0.25) is 0 Å². The van der Waals surface area contributed by atoms with Crippen molar-refractivity contribution in [3.63, 3.8) is 0 Å². The third-order valence-electron chi connectivity index (χ3n) is 3.63. The number of anilines is 1. The maximum atomic E-state index is 12.6. The third-order valence-corrected chi connectivity index (χ3v) is 4.50. The van der Waals surface area contributed by atoms with Crippen molar-refractivity contribution in [1.82, 2.24) is 9.97 Å². The van der Waals surface area contributed by atoms with Crippen molar-refractivity contribution >= 4 is 23.4 Å².